The van der Waals surface area contributed by atoms with Gasteiger partial charge >= 0.3 is 0 Å². The molecule has 0 aliphatic heterocycles. The van der Waals surface area contributed by atoms with Crippen molar-refractivity contribution in [1.82, 2.24) is 9.55 Å². The van der Waals surface area contributed by atoms with E-state index in [1.807, 2.05) is 25.3 Å². The fourth-order valence-corrected chi connectivity index (χ4v) is 2.58. The van der Waals surface area contributed by atoms with Gasteiger partial charge in [-0.1, -0.05) is 0 Å². The maximum Gasteiger partial charge on any atom is 0.271 e. The van der Waals surface area contributed by atoms with Crippen LogP contribution >= 0.6 is 11.3 Å². The normalized spacial score (nSPS) is 11.6. The average Bonchev–Trinajstić information content (AvgIpc) is 2.81. The van der Waals surface area contributed by atoms with Gasteiger partial charge < -0.3 is 0 Å². The Morgan fingerprint density at radius 2 is 2.33 bits per heavy atom. The fourth-order valence-electron chi connectivity index (χ4n) is 1.79. The Hall–Kier alpha value is -1.67. The van der Waals surface area contributed by atoms with Crippen molar-refractivity contribution < 1.29 is 0 Å². The summed E-state index contributed by atoms with van der Waals surface area (Å²) in [4.78, 5) is 16.3. The molecule has 0 atom stereocenters. The van der Waals surface area contributed by atoms with Crippen molar-refractivity contribution in [3.63, 3.8) is 0 Å². The van der Waals surface area contributed by atoms with Crippen LogP contribution in [0.5, 0.6) is 0 Å². The highest BCUT2D eigenvalue weighted by atomic mass is 32.1. The topological polar surface area (TPSA) is 58.7 Å². The summed E-state index contributed by atoms with van der Waals surface area (Å²) in [5.74, 6) is 0. The molecular formula is C13H15N3OS. The summed E-state index contributed by atoms with van der Waals surface area (Å²) < 4.78 is 2.34. The molecule has 2 rings (SSSR count). The maximum absolute atomic E-state index is 12.1. The number of nitriles is 1. The number of thiophene rings is 1. The van der Waals surface area contributed by atoms with Crippen molar-refractivity contribution in [2.75, 3.05) is 0 Å². The molecule has 0 aromatic carbocycles. The zero-order valence-corrected chi connectivity index (χ0v) is 11.3. The molecule has 0 unspecified atom stereocenters. The van der Waals surface area contributed by atoms with Crippen LogP contribution in [0.25, 0.3) is 10.2 Å². The smallest absolute Gasteiger partial charge is 0.271 e. The van der Waals surface area contributed by atoms with Gasteiger partial charge in [0, 0.05) is 6.54 Å². The molecule has 0 fully saturated rings. The van der Waals surface area contributed by atoms with E-state index in [4.69, 9.17) is 5.26 Å². The van der Waals surface area contributed by atoms with Crippen LogP contribution in [0.4, 0.5) is 0 Å². The third kappa shape index (κ3) is 2.59. The summed E-state index contributed by atoms with van der Waals surface area (Å²) in [6, 6.07) is 4.12. The van der Waals surface area contributed by atoms with Crippen LogP contribution in [-0.2, 0) is 6.54 Å². The Morgan fingerprint density at radius 3 is 3.06 bits per heavy atom. The maximum atomic E-state index is 12.1. The molecule has 0 N–H and O–H groups in total. The summed E-state index contributed by atoms with van der Waals surface area (Å²) in [6.07, 6.45) is 3.17. The Balaban J connectivity index is 2.11. The van der Waals surface area contributed by atoms with E-state index >= 15 is 0 Å². The summed E-state index contributed by atoms with van der Waals surface area (Å²) in [5.41, 5.74) is 0.452. The van der Waals surface area contributed by atoms with Crippen molar-refractivity contribution in [3.05, 3.63) is 28.1 Å². The van der Waals surface area contributed by atoms with E-state index in [1.54, 1.807) is 10.9 Å². The molecule has 0 saturated heterocycles. The lowest BCUT2D eigenvalue weighted by Gasteiger charge is -2.14. The molecule has 0 spiro atoms. The first kappa shape index (κ1) is 12.8. The average molecular weight is 261 g/mol. The summed E-state index contributed by atoms with van der Waals surface area (Å²) >= 11 is 1.42. The molecule has 18 heavy (non-hydrogen) atoms. The number of nitrogens with zero attached hydrogens (tertiary/aromatic N) is 3. The molecule has 0 bridgehead atoms. The van der Waals surface area contributed by atoms with Crippen LogP contribution in [0.15, 0.2) is 22.6 Å². The van der Waals surface area contributed by atoms with Gasteiger partial charge in [0.25, 0.3) is 5.56 Å². The summed E-state index contributed by atoms with van der Waals surface area (Å²) in [5, 5.41) is 10.8. The Labute approximate surface area is 110 Å². The second-order valence-electron chi connectivity index (χ2n) is 4.98. The van der Waals surface area contributed by atoms with E-state index in [2.05, 4.69) is 11.1 Å². The van der Waals surface area contributed by atoms with Gasteiger partial charge in [-0.05, 0) is 38.1 Å². The number of hydrogen-bond donors (Lipinski definition) is 0. The lowest BCUT2D eigenvalue weighted by molar-refractivity contribution is 0.413. The second-order valence-corrected chi connectivity index (χ2v) is 5.89. The first-order valence-electron chi connectivity index (χ1n) is 5.87. The van der Waals surface area contributed by atoms with Crippen LogP contribution < -0.4 is 5.56 Å². The fraction of sp³-hybridized carbons (Fsp3) is 0.462. The Kier molecular flexibility index (Phi) is 3.48. The number of rotatable bonds is 4. The molecule has 0 aliphatic rings. The number of aromatic nitrogens is 2. The van der Waals surface area contributed by atoms with Crippen molar-refractivity contribution >= 4 is 21.6 Å². The zero-order valence-electron chi connectivity index (χ0n) is 10.5. The largest absolute Gasteiger partial charge is 0.298 e. The van der Waals surface area contributed by atoms with Crippen LogP contribution in [0.1, 0.15) is 26.7 Å². The summed E-state index contributed by atoms with van der Waals surface area (Å²) in [7, 11) is 0. The highest BCUT2D eigenvalue weighted by Gasteiger charge is 2.16. The molecule has 2 heterocycles. The third-order valence-electron chi connectivity index (χ3n) is 2.94. The SMILES string of the molecule is CC(C)(C#N)CCCn1cnc2ccsc2c1=O. The standard InChI is InChI=1S/C13H15N3OS/c1-13(2,8-14)5-3-6-16-9-15-10-4-7-18-11(10)12(16)17/h4,7,9H,3,5-6H2,1-2H3. The van der Waals surface area contributed by atoms with E-state index in [0.717, 1.165) is 18.4 Å². The van der Waals surface area contributed by atoms with E-state index < -0.39 is 0 Å². The molecule has 0 radical (unpaired) electrons. The van der Waals surface area contributed by atoms with Crippen LogP contribution in [-0.4, -0.2) is 9.55 Å². The predicted octanol–water partition coefficient (Wildman–Crippen LogP) is 2.79. The van der Waals surface area contributed by atoms with Gasteiger partial charge in [0.05, 0.1) is 23.3 Å². The lowest BCUT2D eigenvalue weighted by Crippen LogP contribution is -2.20. The molecular weight excluding hydrogens is 246 g/mol. The van der Waals surface area contributed by atoms with E-state index in [0.29, 0.717) is 11.2 Å². The van der Waals surface area contributed by atoms with Gasteiger partial charge in [0.15, 0.2) is 0 Å². The number of hydrogen-bond acceptors (Lipinski definition) is 4. The van der Waals surface area contributed by atoms with E-state index in [9.17, 15) is 4.79 Å². The number of fused-ring (bicyclic) bond motifs is 1. The molecule has 0 aliphatic carbocycles. The Morgan fingerprint density at radius 1 is 1.56 bits per heavy atom. The molecule has 0 saturated carbocycles. The van der Waals surface area contributed by atoms with Gasteiger partial charge in [-0.25, -0.2) is 4.98 Å². The van der Waals surface area contributed by atoms with Crippen molar-refractivity contribution in [2.24, 2.45) is 5.41 Å². The molecule has 2 aromatic rings. The van der Waals surface area contributed by atoms with Crippen LogP contribution in [0.2, 0.25) is 0 Å². The minimum absolute atomic E-state index is 0.0183. The van der Waals surface area contributed by atoms with E-state index in [1.165, 1.54) is 11.3 Å². The quantitative estimate of drug-likeness (QED) is 0.850. The van der Waals surface area contributed by atoms with Crippen molar-refractivity contribution in [3.8, 4) is 6.07 Å². The lowest BCUT2D eigenvalue weighted by atomic mass is 9.90. The first-order valence-corrected chi connectivity index (χ1v) is 6.75. The van der Waals surface area contributed by atoms with Gasteiger partial charge in [0.1, 0.15) is 4.70 Å². The highest BCUT2D eigenvalue weighted by molar-refractivity contribution is 7.17. The monoisotopic (exact) mass is 261 g/mol. The van der Waals surface area contributed by atoms with Crippen molar-refractivity contribution in [1.29, 1.82) is 5.26 Å². The van der Waals surface area contributed by atoms with Gasteiger partial charge in [-0.15, -0.1) is 11.3 Å². The van der Waals surface area contributed by atoms with E-state index in [-0.39, 0.29) is 11.0 Å². The minimum atomic E-state index is -0.329. The highest BCUT2D eigenvalue weighted by Crippen LogP contribution is 2.21. The third-order valence-corrected chi connectivity index (χ3v) is 3.83. The van der Waals surface area contributed by atoms with Gasteiger partial charge in [-0.2, -0.15) is 5.26 Å². The summed E-state index contributed by atoms with van der Waals surface area (Å²) in [6.45, 7) is 4.44. The zero-order chi connectivity index (χ0) is 13.2. The predicted molar refractivity (Wildman–Crippen MR) is 72.5 cm³/mol. The van der Waals surface area contributed by atoms with Gasteiger partial charge in [0.2, 0.25) is 0 Å². The molecule has 94 valence electrons. The molecule has 2 aromatic heterocycles. The molecule has 0 amide bonds. The van der Waals surface area contributed by atoms with Crippen LogP contribution in [0, 0.1) is 16.7 Å². The molecule has 4 nitrogen and oxygen atoms in total. The molecule has 5 heteroatoms. The van der Waals surface area contributed by atoms with Crippen molar-refractivity contribution in [2.45, 2.75) is 33.2 Å². The second kappa shape index (κ2) is 4.91. The van der Waals surface area contributed by atoms with Crippen LogP contribution in [0.3, 0.4) is 0 Å². The van der Waals surface area contributed by atoms with Gasteiger partial charge in [-0.3, -0.25) is 9.36 Å². The first-order chi connectivity index (χ1) is 8.53. The Bertz CT molecular complexity index is 648. The minimum Gasteiger partial charge on any atom is -0.298 e. The number of aryl methyl sites for hydroxylation is 1.